The van der Waals surface area contributed by atoms with E-state index in [9.17, 15) is 45.9 Å². The molecule has 2 aliphatic heterocycles. The lowest BCUT2D eigenvalue weighted by Crippen LogP contribution is -2.54. The van der Waals surface area contributed by atoms with E-state index in [2.05, 4.69) is 15.4 Å². The minimum Gasteiger partial charge on any atom is -0.420 e. The van der Waals surface area contributed by atoms with Crippen LogP contribution in [0.2, 0.25) is 0 Å². The molecule has 2 aromatic carbocycles. The predicted octanol–water partition coefficient (Wildman–Crippen LogP) is 2.39. The lowest BCUT2D eigenvalue weighted by Gasteiger charge is -2.27. The fourth-order valence-corrected chi connectivity index (χ4v) is 6.44. The first kappa shape index (κ1) is 59.7. The number of amides is 4. The maximum absolute atomic E-state index is 13.6. The van der Waals surface area contributed by atoms with Gasteiger partial charge in [-0.15, -0.1) is 0 Å². The summed E-state index contributed by atoms with van der Waals surface area (Å²) >= 11 is 0. The van der Waals surface area contributed by atoms with Gasteiger partial charge in [0.15, 0.2) is 0 Å². The molecule has 0 spiro atoms. The third-order valence-electron chi connectivity index (χ3n) is 9.96. The third-order valence-corrected chi connectivity index (χ3v) is 9.96. The van der Waals surface area contributed by atoms with Crippen molar-refractivity contribution in [2.24, 2.45) is 0 Å². The molecule has 1 fully saturated rings. The molecule has 1 atom stereocenters. The highest BCUT2D eigenvalue weighted by Gasteiger charge is 2.45. The molecule has 21 nitrogen and oxygen atoms in total. The number of carbonyl (C=O) groups excluding carboxylic acids is 5. The zero-order valence-electron chi connectivity index (χ0n) is 39.8. The largest absolute Gasteiger partial charge is 0.420 e. The molecule has 2 N–H and O–H groups in total. The van der Waals surface area contributed by atoms with Crippen LogP contribution in [0.15, 0.2) is 18.2 Å². The fraction of sp³-hybridized carbons (Fsp3) is 0.630. The van der Waals surface area contributed by atoms with Crippen molar-refractivity contribution in [2.75, 3.05) is 170 Å². The molecule has 0 saturated carbocycles. The van der Waals surface area contributed by atoms with Crippen LogP contribution in [-0.2, 0) is 71.2 Å². The Morgan fingerprint density at radius 3 is 1.29 bits per heavy atom. The van der Waals surface area contributed by atoms with Gasteiger partial charge in [0.25, 0.3) is 11.8 Å². The Morgan fingerprint density at radius 2 is 0.889 bits per heavy atom. The lowest BCUT2D eigenvalue weighted by molar-refractivity contribution is -0.137. The number of ether oxygens (including phenoxy) is 13. The summed E-state index contributed by atoms with van der Waals surface area (Å²) in [5.74, 6) is -16.4. The summed E-state index contributed by atoms with van der Waals surface area (Å²) in [7, 11) is 0. The molecule has 1 unspecified atom stereocenters. The van der Waals surface area contributed by atoms with Crippen LogP contribution in [0.25, 0.3) is 0 Å². The lowest BCUT2D eigenvalue weighted by atomic mass is 10.0. The van der Waals surface area contributed by atoms with Crippen molar-refractivity contribution in [2.45, 2.75) is 25.3 Å². The van der Waals surface area contributed by atoms with E-state index in [-0.39, 0.29) is 57.0 Å². The van der Waals surface area contributed by atoms with Gasteiger partial charge in [0, 0.05) is 18.7 Å². The van der Waals surface area contributed by atoms with Crippen molar-refractivity contribution in [1.29, 1.82) is 0 Å². The van der Waals surface area contributed by atoms with Crippen LogP contribution in [0, 0.1) is 29.1 Å². The average molecular weight is 1040 g/mol. The van der Waals surface area contributed by atoms with Crippen molar-refractivity contribution in [3.05, 3.63) is 58.4 Å². The molecule has 1 saturated heterocycles. The number of fused-ring (bicyclic) bond motifs is 1. The first-order valence-corrected chi connectivity index (χ1v) is 23.3. The van der Waals surface area contributed by atoms with Gasteiger partial charge in [-0.25, -0.2) is 13.2 Å². The fourth-order valence-electron chi connectivity index (χ4n) is 6.44. The number of hydrogen-bond donors (Lipinski definition) is 2. The summed E-state index contributed by atoms with van der Waals surface area (Å²) in [6.07, 6.45) is -0.365. The number of esters is 1. The second kappa shape index (κ2) is 35.3. The van der Waals surface area contributed by atoms with Crippen LogP contribution < -0.4 is 15.4 Å². The Kier molecular flexibility index (Phi) is 29.3. The molecule has 0 aliphatic carbocycles. The standard InChI is InChI=1S/C46H62F5N3O18/c47-38-39(48)41(50)43(42(51)40(38)49)72-36(56)6-8-60-10-12-62-14-16-64-18-20-66-22-24-68-26-28-70-30-31-71-29-27-69-25-23-67-21-19-65-17-15-63-13-11-61-9-7-52-33-3-1-2-32-37(33)46(59)54(45(32)58)34-4-5-35(55)53-44(34)57/h1-3,34,52H,4-31H2,(H,53,55,57). The van der Waals surface area contributed by atoms with Crippen molar-refractivity contribution < 1.29 is 108 Å². The topological polar surface area (TPSA) is 233 Å². The number of halogens is 5. The number of nitrogens with zero attached hydrogens (tertiary/aromatic N) is 1. The van der Waals surface area contributed by atoms with Gasteiger partial charge in [0.2, 0.25) is 46.6 Å². The normalized spacial score (nSPS) is 14.6. The van der Waals surface area contributed by atoms with Gasteiger partial charge in [-0.2, -0.15) is 8.78 Å². The van der Waals surface area contributed by atoms with E-state index in [1.165, 1.54) is 6.07 Å². The van der Waals surface area contributed by atoms with Crippen molar-refractivity contribution in [3.63, 3.8) is 0 Å². The highest BCUT2D eigenvalue weighted by Crippen LogP contribution is 2.32. The van der Waals surface area contributed by atoms with Gasteiger partial charge >= 0.3 is 5.97 Å². The maximum Gasteiger partial charge on any atom is 0.313 e. The zero-order chi connectivity index (χ0) is 51.8. The van der Waals surface area contributed by atoms with Crippen molar-refractivity contribution in [3.8, 4) is 5.75 Å². The molecular formula is C46H62F5N3O18. The van der Waals surface area contributed by atoms with E-state index in [0.29, 0.717) is 138 Å². The number of rotatable bonds is 42. The van der Waals surface area contributed by atoms with E-state index >= 15 is 0 Å². The van der Waals surface area contributed by atoms with Gasteiger partial charge < -0.3 is 66.9 Å². The van der Waals surface area contributed by atoms with Gasteiger partial charge in [-0.3, -0.25) is 34.2 Å². The monoisotopic (exact) mass is 1040 g/mol. The number of piperidine rings is 1. The summed E-state index contributed by atoms with van der Waals surface area (Å²) in [4.78, 5) is 62.6. The molecule has 0 radical (unpaired) electrons. The number of benzene rings is 2. The summed E-state index contributed by atoms with van der Waals surface area (Å²) in [5.41, 5.74) is 0.851. The molecule has 2 aliphatic rings. The van der Waals surface area contributed by atoms with Crippen molar-refractivity contribution in [1.82, 2.24) is 10.2 Å². The Bertz CT molecular complexity index is 1960. The van der Waals surface area contributed by atoms with Gasteiger partial charge in [-0.05, 0) is 18.6 Å². The number of carbonyl (C=O) groups is 5. The van der Waals surface area contributed by atoms with Gasteiger partial charge in [0.05, 0.1) is 176 Å². The molecule has 26 heteroatoms. The molecule has 72 heavy (non-hydrogen) atoms. The van der Waals surface area contributed by atoms with E-state index < -0.39 is 76.9 Å². The van der Waals surface area contributed by atoms with Crippen LogP contribution >= 0.6 is 0 Å². The Balaban J connectivity index is 0.791. The first-order valence-electron chi connectivity index (χ1n) is 23.3. The Hall–Kier alpha value is -4.84. The number of anilines is 1. The van der Waals surface area contributed by atoms with Crippen LogP contribution in [0.5, 0.6) is 5.75 Å². The quantitative estimate of drug-likeness (QED) is 0.0185. The van der Waals surface area contributed by atoms with Crippen molar-refractivity contribution >= 4 is 35.3 Å². The molecular weight excluding hydrogens is 977 g/mol. The zero-order valence-corrected chi connectivity index (χ0v) is 39.8. The molecule has 4 rings (SSSR count). The van der Waals surface area contributed by atoms with E-state index in [0.717, 1.165) is 4.90 Å². The van der Waals surface area contributed by atoms with Crippen LogP contribution in [-0.4, -0.2) is 206 Å². The minimum absolute atomic E-state index is 0.0492. The molecule has 2 heterocycles. The van der Waals surface area contributed by atoms with Gasteiger partial charge in [-0.1, -0.05) is 6.07 Å². The van der Waals surface area contributed by atoms with Crippen LogP contribution in [0.4, 0.5) is 27.6 Å². The van der Waals surface area contributed by atoms with Crippen LogP contribution in [0.3, 0.4) is 0 Å². The SMILES string of the molecule is O=C1CCC(N2C(=O)c3cccc(NCCOCCOCCOCCOCCOCCOCCOCCOCCOCCOCCOCCOCCC(=O)Oc4c(F)c(F)c(F)c(F)c4F)c3C2=O)C(=O)N1. The molecule has 2 aromatic rings. The van der Waals surface area contributed by atoms with Gasteiger partial charge in [0.1, 0.15) is 6.04 Å². The van der Waals surface area contributed by atoms with Crippen LogP contribution in [0.1, 0.15) is 40.0 Å². The summed E-state index contributed by atoms with van der Waals surface area (Å²) in [6.45, 7) is 8.27. The minimum atomic E-state index is -2.36. The highest BCUT2D eigenvalue weighted by atomic mass is 19.2. The van der Waals surface area contributed by atoms with E-state index in [1.807, 2.05) is 0 Å². The third kappa shape index (κ3) is 21.3. The second-order valence-corrected chi connectivity index (χ2v) is 15.1. The van der Waals surface area contributed by atoms with E-state index in [4.69, 9.17) is 56.8 Å². The molecule has 0 aromatic heterocycles. The molecule has 4 amide bonds. The molecule has 0 bridgehead atoms. The first-order chi connectivity index (χ1) is 35.0. The average Bonchev–Trinajstić information content (AvgIpc) is 3.63. The number of imide groups is 2. The number of hydrogen-bond acceptors (Lipinski definition) is 19. The summed E-state index contributed by atoms with van der Waals surface area (Å²) < 4.78 is 136. The predicted molar refractivity (Wildman–Crippen MR) is 238 cm³/mol. The Morgan fingerprint density at radius 1 is 0.514 bits per heavy atom. The number of nitrogens with one attached hydrogen (secondary N) is 2. The summed E-state index contributed by atoms with van der Waals surface area (Å²) in [5, 5.41) is 5.31. The molecule has 404 valence electrons. The highest BCUT2D eigenvalue weighted by molar-refractivity contribution is 6.25. The van der Waals surface area contributed by atoms with E-state index in [1.54, 1.807) is 12.1 Å². The smallest absolute Gasteiger partial charge is 0.313 e. The summed E-state index contributed by atoms with van der Waals surface area (Å²) in [6, 6.07) is 3.84. The second-order valence-electron chi connectivity index (χ2n) is 15.1. The Labute approximate surface area is 412 Å². The maximum atomic E-state index is 13.6.